The summed E-state index contributed by atoms with van der Waals surface area (Å²) >= 11 is 3.68. The number of rotatable bonds is 14. The molecule has 3 nitrogen and oxygen atoms in total. The highest BCUT2D eigenvalue weighted by molar-refractivity contribution is 9.10. The molecule has 0 aliphatic rings. The van der Waals surface area contributed by atoms with E-state index in [4.69, 9.17) is 13.3 Å². The Labute approximate surface area is 135 Å². The molecule has 0 radical (unpaired) electrons. The van der Waals surface area contributed by atoms with Crippen molar-refractivity contribution in [2.75, 3.05) is 21.3 Å². The van der Waals surface area contributed by atoms with Gasteiger partial charge in [-0.2, -0.15) is 0 Å². The van der Waals surface area contributed by atoms with Crippen molar-refractivity contribution >= 4 is 24.7 Å². The smallest absolute Gasteiger partial charge is 0.376 e. The van der Waals surface area contributed by atoms with E-state index in [-0.39, 0.29) is 4.45 Å². The van der Waals surface area contributed by atoms with Gasteiger partial charge in [-0.05, 0) is 6.42 Å². The van der Waals surface area contributed by atoms with E-state index in [1.807, 2.05) is 0 Å². The third kappa shape index (κ3) is 8.13. The highest BCUT2D eigenvalue weighted by atomic mass is 79.9. The first-order valence-corrected chi connectivity index (χ1v) is 10.7. The quantitative estimate of drug-likeness (QED) is 0.243. The lowest BCUT2D eigenvalue weighted by Gasteiger charge is -2.28. The standard InChI is InChI=1S/C15H33BrO3Si/c1-5-6-7-8-9-10-11-12-13-14-15(16)20(17-2,18-3)19-4/h15H,5-14H2,1-4H3. The summed E-state index contributed by atoms with van der Waals surface area (Å²) < 4.78 is 16.6. The van der Waals surface area contributed by atoms with E-state index in [0.717, 1.165) is 6.42 Å². The molecule has 0 rings (SSSR count). The summed E-state index contributed by atoms with van der Waals surface area (Å²) in [6.45, 7) is 2.26. The second-order valence-electron chi connectivity index (χ2n) is 5.30. The molecule has 5 heteroatoms. The van der Waals surface area contributed by atoms with Crippen LogP contribution in [0.25, 0.3) is 0 Å². The lowest BCUT2D eigenvalue weighted by Crippen LogP contribution is -2.51. The molecule has 0 heterocycles. The molecule has 20 heavy (non-hydrogen) atoms. The van der Waals surface area contributed by atoms with Crippen molar-refractivity contribution < 1.29 is 13.3 Å². The van der Waals surface area contributed by atoms with Gasteiger partial charge >= 0.3 is 8.80 Å². The van der Waals surface area contributed by atoms with Gasteiger partial charge in [0.05, 0.1) is 4.45 Å². The van der Waals surface area contributed by atoms with Crippen molar-refractivity contribution in [3.63, 3.8) is 0 Å². The summed E-state index contributed by atoms with van der Waals surface area (Å²) in [7, 11) is 2.52. The Morgan fingerprint density at radius 1 is 0.750 bits per heavy atom. The first-order chi connectivity index (χ1) is 9.66. The number of hydrogen-bond donors (Lipinski definition) is 0. The van der Waals surface area contributed by atoms with Crippen molar-refractivity contribution in [2.45, 2.75) is 75.6 Å². The molecule has 122 valence electrons. The molecule has 0 saturated heterocycles. The summed E-state index contributed by atoms with van der Waals surface area (Å²) in [5.41, 5.74) is 0. The average molecular weight is 369 g/mol. The van der Waals surface area contributed by atoms with Gasteiger partial charge in [0.1, 0.15) is 0 Å². The summed E-state index contributed by atoms with van der Waals surface area (Å²) in [4.78, 5) is 0. The zero-order chi connectivity index (χ0) is 15.3. The number of unbranched alkanes of at least 4 members (excludes halogenated alkanes) is 8. The Balaban J connectivity index is 3.59. The van der Waals surface area contributed by atoms with E-state index in [0.29, 0.717) is 0 Å². The summed E-state index contributed by atoms with van der Waals surface area (Å²) in [5, 5.41) is 0. The lowest BCUT2D eigenvalue weighted by atomic mass is 10.1. The van der Waals surface area contributed by atoms with Crippen LogP contribution in [0, 0.1) is 0 Å². The zero-order valence-corrected chi connectivity index (χ0v) is 16.3. The van der Waals surface area contributed by atoms with Crippen LogP contribution in [0.5, 0.6) is 0 Å². The van der Waals surface area contributed by atoms with Crippen LogP contribution in [-0.4, -0.2) is 34.6 Å². The first kappa shape index (κ1) is 20.6. The van der Waals surface area contributed by atoms with Gasteiger partial charge in [0, 0.05) is 21.3 Å². The van der Waals surface area contributed by atoms with Gasteiger partial charge in [0.2, 0.25) is 0 Å². The number of alkyl halides is 1. The highest BCUT2D eigenvalue weighted by Crippen LogP contribution is 2.24. The van der Waals surface area contributed by atoms with Crippen LogP contribution in [0.4, 0.5) is 0 Å². The minimum absolute atomic E-state index is 0.194. The first-order valence-electron chi connectivity index (χ1n) is 7.96. The fourth-order valence-electron chi connectivity index (χ4n) is 2.44. The molecular weight excluding hydrogens is 336 g/mol. The Morgan fingerprint density at radius 3 is 1.55 bits per heavy atom. The van der Waals surface area contributed by atoms with E-state index in [2.05, 4.69) is 22.9 Å². The Morgan fingerprint density at radius 2 is 1.15 bits per heavy atom. The fourth-order valence-corrected chi connectivity index (χ4v) is 6.28. The molecule has 0 N–H and O–H groups in total. The van der Waals surface area contributed by atoms with E-state index in [1.54, 1.807) is 21.3 Å². The predicted octanol–water partition coefficient (Wildman–Crippen LogP) is 5.09. The van der Waals surface area contributed by atoms with Gasteiger partial charge in [0.25, 0.3) is 0 Å². The molecule has 0 spiro atoms. The fraction of sp³-hybridized carbons (Fsp3) is 1.00. The maximum atomic E-state index is 5.48. The number of hydrogen-bond acceptors (Lipinski definition) is 3. The molecular formula is C15H33BrO3Si. The minimum atomic E-state index is -2.49. The zero-order valence-electron chi connectivity index (χ0n) is 13.8. The molecule has 0 aromatic carbocycles. The lowest BCUT2D eigenvalue weighted by molar-refractivity contribution is 0.121. The molecule has 0 aromatic heterocycles. The van der Waals surface area contributed by atoms with E-state index >= 15 is 0 Å². The van der Waals surface area contributed by atoms with E-state index < -0.39 is 8.80 Å². The van der Waals surface area contributed by atoms with Gasteiger partial charge in [-0.15, -0.1) is 0 Å². The van der Waals surface area contributed by atoms with Crippen LogP contribution in [-0.2, 0) is 13.3 Å². The summed E-state index contributed by atoms with van der Waals surface area (Å²) in [5.74, 6) is 0. The third-order valence-electron chi connectivity index (χ3n) is 3.80. The van der Waals surface area contributed by atoms with Gasteiger partial charge in [-0.25, -0.2) is 0 Å². The molecule has 0 aliphatic carbocycles. The second kappa shape index (κ2) is 13.3. The molecule has 1 unspecified atom stereocenters. The second-order valence-corrected chi connectivity index (χ2v) is 10.4. The maximum Gasteiger partial charge on any atom is 0.514 e. The Kier molecular flexibility index (Phi) is 13.6. The van der Waals surface area contributed by atoms with Crippen molar-refractivity contribution in [1.82, 2.24) is 0 Å². The molecule has 0 amide bonds. The normalized spacial score (nSPS) is 13.7. The van der Waals surface area contributed by atoms with Gasteiger partial charge in [-0.1, -0.05) is 80.6 Å². The van der Waals surface area contributed by atoms with Gasteiger partial charge < -0.3 is 13.3 Å². The summed E-state index contributed by atoms with van der Waals surface area (Å²) in [6.07, 6.45) is 13.2. The van der Waals surface area contributed by atoms with Crippen molar-refractivity contribution in [3.8, 4) is 0 Å². The van der Waals surface area contributed by atoms with E-state index in [1.165, 1.54) is 57.8 Å². The molecule has 0 aromatic rings. The third-order valence-corrected chi connectivity index (χ3v) is 8.70. The van der Waals surface area contributed by atoms with Crippen LogP contribution in [0.1, 0.15) is 71.1 Å². The molecule has 0 aliphatic heterocycles. The molecule has 0 saturated carbocycles. The van der Waals surface area contributed by atoms with Crippen LogP contribution < -0.4 is 0 Å². The SMILES string of the molecule is CCCCCCCCCCCC(Br)[Si](OC)(OC)OC. The summed E-state index contributed by atoms with van der Waals surface area (Å²) in [6, 6.07) is 0. The molecule has 0 bridgehead atoms. The Bertz CT molecular complexity index is 205. The van der Waals surface area contributed by atoms with Gasteiger partial charge in [-0.3, -0.25) is 0 Å². The maximum absolute atomic E-state index is 5.48. The van der Waals surface area contributed by atoms with Crippen molar-refractivity contribution in [3.05, 3.63) is 0 Å². The topological polar surface area (TPSA) is 27.7 Å². The molecule has 0 fully saturated rings. The highest BCUT2D eigenvalue weighted by Gasteiger charge is 2.45. The van der Waals surface area contributed by atoms with Crippen LogP contribution in [0.3, 0.4) is 0 Å². The molecule has 1 atom stereocenters. The monoisotopic (exact) mass is 368 g/mol. The van der Waals surface area contributed by atoms with Crippen molar-refractivity contribution in [2.24, 2.45) is 0 Å². The van der Waals surface area contributed by atoms with E-state index in [9.17, 15) is 0 Å². The Hall–Kier alpha value is 0.577. The van der Waals surface area contributed by atoms with Gasteiger partial charge in [0.15, 0.2) is 0 Å². The largest absolute Gasteiger partial charge is 0.514 e. The van der Waals surface area contributed by atoms with Crippen LogP contribution >= 0.6 is 15.9 Å². The van der Waals surface area contributed by atoms with Crippen LogP contribution in [0.15, 0.2) is 0 Å². The van der Waals surface area contributed by atoms with Crippen LogP contribution in [0.2, 0.25) is 0 Å². The van der Waals surface area contributed by atoms with Crippen molar-refractivity contribution in [1.29, 1.82) is 0 Å². The minimum Gasteiger partial charge on any atom is -0.376 e. The number of halogens is 1. The predicted molar refractivity (Wildman–Crippen MR) is 91.3 cm³/mol. The average Bonchev–Trinajstić information content (AvgIpc) is 2.48.